The Hall–Kier alpha value is -3.87. The predicted octanol–water partition coefficient (Wildman–Crippen LogP) is 4.57. The first kappa shape index (κ1) is 23.3. The summed E-state index contributed by atoms with van der Waals surface area (Å²) in [5.74, 6) is 0.272. The summed E-state index contributed by atoms with van der Waals surface area (Å²) in [6, 6.07) is 12.4. The lowest BCUT2D eigenvalue weighted by Crippen LogP contribution is -2.37. The van der Waals surface area contributed by atoms with Crippen molar-refractivity contribution >= 4 is 17.4 Å². The van der Waals surface area contributed by atoms with E-state index in [4.69, 9.17) is 9.47 Å². The number of nitrogens with zero attached hydrogens (tertiary/aromatic N) is 1. The van der Waals surface area contributed by atoms with Crippen LogP contribution in [-0.2, 0) is 6.42 Å². The summed E-state index contributed by atoms with van der Waals surface area (Å²) in [5.41, 5.74) is 1.99. The third kappa shape index (κ3) is 4.33. The van der Waals surface area contributed by atoms with Gasteiger partial charge in [0.05, 0.1) is 19.9 Å². The lowest BCUT2D eigenvalue weighted by Gasteiger charge is -2.31. The van der Waals surface area contributed by atoms with Crippen LogP contribution in [0.5, 0.6) is 11.5 Å². The van der Waals surface area contributed by atoms with E-state index in [1.54, 1.807) is 36.5 Å². The van der Waals surface area contributed by atoms with E-state index in [2.05, 4.69) is 5.32 Å². The third-order valence-corrected chi connectivity index (χ3v) is 6.11. The number of ketones is 1. The molecule has 1 aliphatic rings. The second-order valence-corrected chi connectivity index (χ2v) is 9.37. The molecule has 0 aliphatic heterocycles. The molecule has 0 spiro atoms. The van der Waals surface area contributed by atoms with Crippen molar-refractivity contribution in [1.82, 2.24) is 4.57 Å². The van der Waals surface area contributed by atoms with Crippen LogP contribution in [0.4, 0.5) is 5.69 Å². The van der Waals surface area contributed by atoms with E-state index in [-0.39, 0.29) is 16.8 Å². The number of carbonyl (C=O) groups is 2. The molecule has 4 rings (SSSR count). The fourth-order valence-electron chi connectivity index (χ4n) is 4.37. The van der Waals surface area contributed by atoms with Gasteiger partial charge in [0, 0.05) is 29.9 Å². The summed E-state index contributed by atoms with van der Waals surface area (Å²) in [4.78, 5) is 40.4. The minimum Gasteiger partial charge on any atom is -0.497 e. The molecule has 7 nitrogen and oxygen atoms in total. The van der Waals surface area contributed by atoms with Crippen LogP contribution in [0.15, 0.2) is 53.5 Å². The third-order valence-electron chi connectivity index (χ3n) is 6.11. The van der Waals surface area contributed by atoms with E-state index < -0.39 is 11.5 Å². The molecular formula is C27H28N2O5. The van der Waals surface area contributed by atoms with Crippen molar-refractivity contribution in [2.75, 3.05) is 19.5 Å². The normalized spacial score (nSPS) is 14.3. The molecule has 0 saturated carbocycles. The number of anilines is 1. The molecule has 1 heterocycles. The maximum atomic E-state index is 13.7. The molecule has 2 aromatic carbocycles. The molecule has 0 fully saturated rings. The zero-order valence-electron chi connectivity index (χ0n) is 20.0. The Kier molecular flexibility index (Phi) is 6.04. The number of aromatic nitrogens is 1. The summed E-state index contributed by atoms with van der Waals surface area (Å²) >= 11 is 0. The maximum absolute atomic E-state index is 13.7. The van der Waals surface area contributed by atoms with Crippen molar-refractivity contribution in [3.05, 3.63) is 81.3 Å². The zero-order chi connectivity index (χ0) is 24.6. The van der Waals surface area contributed by atoms with E-state index in [0.717, 1.165) is 5.56 Å². The van der Waals surface area contributed by atoms with Gasteiger partial charge in [-0.15, -0.1) is 0 Å². The lowest BCUT2D eigenvalue weighted by atomic mass is 9.73. The molecule has 0 atom stereocenters. The Bertz CT molecular complexity index is 1340. The van der Waals surface area contributed by atoms with Crippen LogP contribution in [0, 0.1) is 12.3 Å². The number of aryl methyl sites for hydroxylation is 1. The molecule has 34 heavy (non-hydrogen) atoms. The lowest BCUT2D eigenvalue weighted by molar-refractivity contribution is 0.0910. The molecule has 7 heteroatoms. The molecule has 1 aromatic heterocycles. The molecule has 1 amide bonds. The topological polar surface area (TPSA) is 86.6 Å². The van der Waals surface area contributed by atoms with Gasteiger partial charge in [0.25, 0.3) is 11.5 Å². The Morgan fingerprint density at radius 2 is 1.71 bits per heavy atom. The van der Waals surface area contributed by atoms with Crippen LogP contribution in [0.2, 0.25) is 0 Å². The number of fused-ring (bicyclic) bond motifs is 1. The average Bonchev–Trinajstić information content (AvgIpc) is 2.78. The Labute approximate surface area is 198 Å². The second-order valence-electron chi connectivity index (χ2n) is 9.37. The van der Waals surface area contributed by atoms with Crippen LogP contribution in [0.25, 0.3) is 5.69 Å². The number of amides is 1. The molecule has 0 saturated heterocycles. The van der Waals surface area contributed by atoms with Gasteiger partial charge in [-0.05, 0) is 48.6 Å². The number of pyridine rings is 1. The summed E-state index contributed by atoms with van der Waals surface area (Å²) in [7, 11) is 3.02. The monoisotopic (exact) mass is 460 g/mol. The Morgan fingerprint density at radius 1 is 1.00 bits per heavy atom. The number of benzene rings is 2. The van der Waals surface area contributed by atoms with Gasteiger partial charge in [-0.2, -0.15) is 0 Å². The number of rotatable bonds is 5. The summed E-state index contributed by atoms with van der Waals surface area (Å²) in [6.45, 7) is 5.88. The molecule has 0 bridgehead atoms. The number of carbonyl (C=O) groups excluding carboxylic acids is 2. The Balaban J connectivity index is 1.90. The van der Waals surface area contributed by atoms with Crippen LogP contribution >= 0.6 is 0 Å². The molecular weight excluding hydrogens is 432 g/mol. The average molecular weight is 461 g/mol. The highest BCUT2D eigenvalue weighted by Gasteiger charge is 2.36. The van der Waals surface area contributed by atoms with Gasteiger partial charge in [0.15, 0.2) is 5.78 Å². The van der Waals surface area contributed by atoms with Crippen molar-refractivity contribution < 1.29 is 19.1 Å². The van der Waals surface area contributed by atoms with E-state index in [9.17, 15) is 14.4 Å². The standard InChI is InChI=1S/C27H28N2O5/c1-16-6-8-17(9-7-16)29-15-20-19(13-27(2,3)14-22(20)30)24(26(29)32)25(31)28-21-12-18(33-4)10-11-23(21)34-5/h6-12,15H,13-14H2,1-5H3,(H,28,31). The van der Waals surface area contributed by atoms with Gasteiger partial charge in [0.1, 0.15) is 17.1 Å². The van der Waals surface area contributed by atoms with Crippen LogP contribution in [-0.4, -0.2) is 30.5 Å². The van der Waals surface area contributed by atoms with Gasteiger partial charge in [-0.3, -0.25) is 19.0 Å². The van der Waals surface area contributed by atoms with E-state index >= 15 is 0 Å². The van der Waals surface area contributed by atoms with Gasteiger partial charge < -0.3 is 14.8 Å². The molecule has 176 valence electrons. The number of hydrogen-bond acceptors (Lipinski definition) is 5. The smallest absolute Gasteiger partial charge is 0.268 e. The highest BCUT2D eigenvalue weighted by Crippen LogP contribution is 2.36. The van der Waals surface area contributed by atoms with Crippen LogP contribution in [0.1, 0.15) is 52.1 Å². The van der Waals surface area contributed by atoms with Gasteiger partial charge in [-0.25, -0.2) is 0 Å². The molecule has 0 unspecified atom stereocenters. The van der Waals surface area contributed by atoms with E-state index in [1.807, 2.05) is 32.9 Å². The quantitative estimate of drug-likeness (QED) is 0.603. The van der Waals surface area contributed by atoms with Crippen LogP contribution < -0.4 is 20.3 Å². The van der Waals surface area contributed by atoms with Crippen LogP contribution in [0.3, 0.4) is 0 Å². The maximum Gasteiger partial charge on any atom is 0.268 e. The van der Waals surface area contributed by atoms with E-state index in [0.29, 0.717) is 46.8 Å². The number of hydrogen-bond donors (Lipinski definition) is 1. The minimum atomic E-state index is -0.597. The summed E-state index contributed by atoms with van der Waals surface area (Å²) < 4.78 is 12.0. The van der Waals surface area contributed by atoms with E-state index in [1.165, 1.54) is 18.8 Å². The van der Waals surface area contributed by atoms with Gasteiger partial charge >= 0.3 is 0 Å². The minimum absolute atomic E-state index is 0.0379. The van der Waals surface area contributed by atoms with Gasteiger partial charge in [-0.1, -0.05) is 31.5 Å². The van der Waals surface area contributed by atoms with Crippen molar-refractivity contribution in [2.24, 2.45) is 5.41 Å². The first-order valence-corrected chi connectivity index (χ1v) is 11.1. The SMILES string of the molecule is COc1ccc(OC)c(NC(=O)c2c3c(cn(-c4ccc(C)cc4)c2=O)C(=O)CC(C)(C)C3)c1. The van der Waals surface area contributed by atoms with Crippen molar-refractivity contribution in [3.8, 4) is 17.2 Å². The Morgan fingerprint density at radius 3 is 2.35 bits per heavy atom. The predicted molar refractivity (Wildman–Crippen MR) is 131 cm³/mol. The second kappa shape index (κ2) is 8.82. The molecule has 1 N–H and O–H groups in total. The van der Waals surface area contributed by atoms with Gasteiger partial charge in [0.2, 0.25) is 0 Å². The number of ether oxygens (including phenoxy) is 2. The molecule has 0 radical (unpaired) electrons. The highest BCUT2D eigenvalue weighted by molar-refractivity contribution is 6.09. The summed E-state index contributed by atoms with van der Waals surface area (Å²) in [5, 5.41) is 2.80. The fourth-order valence-corrected chi connectivity index (χ4v) is 4.37. The first-order chi connectivity index (χ1) is 16.1. The molecule has 3 aromatic rings. The number of Topliss-reactive ketones (excluding diaryl/α,β-unsaturated/α-hetero) is 1. The fraction of sp³-hybridized carbons (Fsp3) is 0.296. The number of nitrogens with one attached hydrogen (secondary N) is 1. The van der Waals surface area contributed by atoms with Crippen molar-refractivity contribution in [1.29, 1.82) is 0 Å². The zero-order valence-corrected chi connectivity index (χ0v) is 20.0. The highest BCUT2D eigenvalue weighted by atomic mass is 16.5. The number of methoxy groups -OCH3 is 2. The molecule has 1 aliphatic carbocycles. The van der Waals surface area contributed by atoms with Crippen molar-refractivity contribution in [2.45, 2.75) is 33.6 Å². The first-order valence-electron chi connectivity index (χ1n) is 11.1. The largest absolute Gasteiger partial charge is 0.497 e. The summed E-state index contributed by atoms with van der Waals surface area (Å²) in [6.07, 6.45) is 2.36. The van der Waals surface area contributed by atoms with Crippen molar-refractivity contribution in [3.63, 3.8) is 0 Å².